The normalized spacial score (nSPS) is 15.3. The van der Waals surface area contributed by atoms with Crippen molar-refractivity contribution in [3.8, 4) is 0 Å². The largest absolute Gasteiger partial charge is 0.352 e. The van der Waals surface area contributed by atoms with Gasteiger partial charge in [0.2, 0.25) is 11.8 Å². The van der Waals surface area contributed by atoms with E-state index in [0.29, 0.717) is 0 Å². The van der Waals surface area contributed by atoms with Crippen LogP contribution in [0.3, 0.4) is 0 Å². The summed E-state index contributed by atoms with van der Waals surface area (Å²) < 4.78 is 26.9. The highest BCUT2D eigenvalue weighted by Gasteiger charge is 2.41. The molecule has 210 valence electrons. The summed E-state index contributed by atoms with van der Waals surface area (Å²) in [6, 6.07) is 22.2. The van der Waals surface area contributed by atoms with E-state index in [0.717, 1.165) is 27.4 Å². The lowest BCUT2D eigenvalue weighted by Crippen LogP contribution is -2.52. The monoisotopic (exact) mass is 561 g/mol. The van der Waals surface area contributed by atoms with Crippen molar-refractivity contribution >= 4 is 27.7 Å². The van der Waals surface area contributed by atoms with Crippen LogP contribution in [0, 0.1) is 6.92 Å². The smallest absolute Gasteiger partial charge is 0.269 e. The van der Waals surface area contributed by atoms with Gasteiger partial charge in [0, 0.05) is 32.0 Å². The van der Waals surface area contributed by atoms with Gasteiger partial charge in [0.25, 0.3) is 15.9 Å². The highest BCUT2D eigenvalue weighted by atomic mass is 32.2. The van der Waals surface area contributed by atoms with Crippen LogP contribution in [0.4, 0.5) is 0 Å². The minimum Gasteiger partial charge on any atom is -0.352 e. The van der Waals surface area contributed by atoms with Gasteiger partial charge in [-0.3, -0.25) is 14.4 Å². The van der Waals surface area contributed by atoms with Crippen LogP contribution < -0.4 is 5.32 Å². The Balaban J connectivity index is 1.65. The van der Waals surface area contributed by atoms with Crippen LogP contribution in [-0.4, -0.2) is 54.0 Å². The summed E-state index contributed by atoms with van der Waals surface area (Å²) in [5, 5.41) is 3.02. The fourth-order valence-corrected chi connectivity index (χ4v) is 6.33. The third kappa shape index (κ3) is 6.25. The van der Waals surface area contributed by atoms with E-state index in [4.69, 9.17) is 0 Å². The van der Waals surface area contributed by atoms with E-state index in [2.05, 4.69) is 5.32 Å². The first-order chi connectivity index (χ1) is 19.1. The lowest BCUT2D eigenvalue weighted by molar-refractivity contribution is -0.141. The molecule has 40 heavy (non-hydrogen) atoms. The van der Waals surface area contributed by atoms with Gasteiger partial charge in [0.05, 0.1) is 5.56 Å². The van der Waals surface area contributed by atoms with Crippen molar-refractivity contribution in [2.45, 2.75) is 63.6 Å². The molecule has 1 N–H and O–H groups in total. The molecule has 3 amide bonds. The summed E-state index contributed by atoms with van der Waals surface area (Å²) in [5.41, 5.74) is 2.83. The number of sulfonamides is 1. The molecule has 0 aromatic heterocycles. The van der Waals surface area contributed by atoms with E-state index in [-0.39, 0.29) is 48.3 Å². The van der Waals surface area contributed by atoms with Crippen LogP contribution in [0.5, 0.6) is 0 Å². The molecule has 0 unspecified atom stereocenters. The predicted octanol–water partition coefficient (Wildman–Crippen LogP) is 4.08. The van der Waals surface area contributed by atoms with Gasteiger partial charge >= 0.3 is 0 Å². The fraction of sp³-hybridized carbons (Fsp3) is 0.323. The van der Waals surface area contributed by atoms with Gasteiger partial charge in [-0.05, 0) is 49.1 Å². The van der Waals surface area contributed by atoms with Crippen LogP contribution in [-0.2, 0) is 32.6 Å². The van der Waals surface area contributed by atoms with Gasteiger partial charge in [-0.15, -0.1) is 0 Å². The Bertz CT molecular complexity index is 1490. The van der Waals surface area contributed by atoms with Crippen molar-refractivity contribution in [2.75, 3.05) is 6.54 Å². The third-order valence-electron chi connectivity index (χ3n) is 7.31. The fourth-order valence-electron chi connectivity index (χ4n) is 4.76. The minimum absolute atomic E-state index is 0.0564. The first kappa shape index (κ1) is 29.0. The molecule has 0 fully saturated rings. The summed E-state index contributed by atoms with van der Waals surface area (Å²) in [5.74, 6) is -1.34. The van der Waals surface area contributed by atoms with Gasteiger partial charge in [0.15, 0.2) is 0 Å². The van der Waals surface area contributed by atoms with E-state index < -0.39 is 27.9 Å². The number of aryl methyl sites for hydroxylation is 1. The lowest BCUT2D eigenvalue weighted by atomic mass is 10.0. The second-order valence-corrected chi connectivity index (χ2v) is 11.9. The van der Waals surface area contributed by atoms with Gasteiger partial charge < -0.3 is 10.2 Å². The summed E-state index contributed by atoms with van der Waals surface area (Å²) in [6.07, 6.45) is 0.755. The zero-order valence-corrected chi connectivity index (χ0v) is 23.9. The summed E-state index contributed by atoms with van der Waals surface area (Å²) in [4.78, 5) is 41.9. The number of fused-ring (bicyclic) bond motifs is 1. The van der Waals surface area contributed by atoms with Crippen LogP contribution >= 0.6 is 0 Å². The number of amides is 3. The maximum Gasteiger partial charge on any atom is 0.269 e. The second kappa shape index (κ2) is 12.5. The van der Waals surface area contributed by atoms with E-state index >= 15 is 0 Å². The number of nitrogens with one attached hydrogen (secondary N) is 1. The highest BCUT2D eigenvalue weighted by Crippen LogP contribution is 2.30. The van der Waals surface area contributed by atoms with Crippen LogP contribution in [0.1, 0.15) is 53.7 Å². The maximum atomic E-state index is 13.9. The molecule has 0 saturated carbocycles. The second-order valence-electron chi connectivity index (χ2n) is 10.1. The molecule has 9 heteroatoms. The molecule has 3 aromatic carbocycles. The average Bonchev–Trinajstić information content (AvgIpc) is 3.15. The van der Waals surface area contributed by atoms with Gasteiger partial charge in [-0.1, -0.05) is 73.7 Å². The molecule has 0 aliphatic carbocycles. The number of hydrogen-bond acceptors (Lipinski definition) is 5. The zero-order chi connectivity index (χ0) is 28.9. The Kier molecular flexibility index (Phi) is 9.04. The van der Waals surface area contributed by atoms with Gasteiger partial charge in [-0.2, -0.15) is 0 Å². The molecule has 0 bridgehead atoms. The predicted molar refractivity (Wildman–Crippen MR) is 153 cm³/mol. The summed E-state index contributed by atoms with van der Waals surface area (Å²) >= 11 is 0. The van der Waals surface area contributed by atoms with Crippen molar-refractivity contribution in [3.63, 3.8) is 0 Å². The molecule has 3 aromatic rings. The number of carbonyl (C=O) groups is 3. The van der Waals surface area contributed by atoms with Crippen LogP contribution in [0.25, 0.3) is 0 Å². The summed E-state index contributed by atoms with van der Waals surface area (Å²) in [6.45, 7) is 5.67. The first-order valence-corrected chi connectivity index (χ1v) is 14.9. The maximum absolute atomic E-state index is 13.9. The Labute approximate surface area is 236 Å². The topological polar surface area (TPSA) is 104 Å². The van der Waals surface area contributed by atoms with E-state index in [1.165, 1.54) is 17.0 Å². The number of benzene rings is 3. The molecule has 2 atom stereocenters. The van der Waals surface area contributed by atoms with E-state index in [1.807, 2.05) is 75.4 Å². The van der Waals surface area contributed by atoms with Gasteiger partial charge in [0.1, 0.15) is 10.9 Å². The molecule has 8 nitrogen and oxygen atoms in total. The Hall–Kier alpha value is -3.98. The van der Waals surface area contributed by atoms with E-state index in [9.17, 15) is 22.8 Å². The van der Waals surface area contributed by atoms with Crippen molar-refractivity contribution in [1.29, 1.82) is 0 Å². The molecule has 1 aliphatic heterocycles. The molecule has 1 heterocycles. The lowest BCUT2D eigenvalue weighted by Gasteiger charge is -2.33. The molecule has 0 radical (unpaired) electrons. The molecular weight excluding hydrogens is 526 g/mol. The standard InChI is InChI=1S/C31H35N3O5S/c1-4-23(3)32-30(36)27(20-24-13-6-5-7-14-24)33(21-25-15-9-8-12-22(25)2)29(35)18-19-34-31(37)26-16-10-11-17-28(26)40(34,38)39/h5-17,23,27H,4,18-21H2,1-3H3,(H,32,36)/t23-,27+/m1/s1. The van der Waals surface area contributed by atoms with E-state index in [1.54, 1.807) is 12.1 Å². The first-order valence-electron chi connectivity index (χ1n) is 13.5. The Morgan fingerprint density at radius 1 is 0.950 bits per heavy atom. The van der Waals surface area contributed by atoms with Crippen molar-refractivity contribution in [1.82, 2.24) is 14.5 Å². The average molecular weight is 562 g/mol. The van der Waals surface area contributed by atoms with Crippen molar-refractivity contribution < 1.29 is 22.8 Å². The quantitative estimate of drug-likeness (QED) is 0.380. The SMILES string of the molecule is CC[C@@H](C)NC(=O)[C@H](Cc1ccccc1)N(Cc1ccccc1C)C(=O)CCN1C(=O)c2ccccc2S1(=O)=O. The summed E-state index contributed by atoms with van der Waals surface area (Å²) in [7, 11) is -4.05. The zero-order valence-electron chi connectivity index (χ0n) is 23.0. The Morgan fingerprint density at radius 3 is 2.27 bits per heavy atom. The third-order valence-corrected chi connectivity index (χ3v) is 9.16. The van der Waals surface area contributed by atoms with Crippen molar-refractivity contribution in [2.24, 2.45) is 0 Å². The number of rotatable bonds is 11. The molecule has 0 spiro atoms. The highest BCUT2D eigenvalue weighted by molar-refractivity contribution is 7.90. The molecule has 4 rings (SSSR count). The van der Waals surface area contributed by atoms with Crippen LogP contribution in [0.15, 0.2) is 83.8 Å². The van der Waals surface area contributed by atoms with Crippen LogP contribution in [0.2, 0.25) is 0 Å². The van der Waals surface area contributed by atoms with Gasteiger partial charge in [-0.25, -0.2) is 12.7 Å². The molecule has 0 saturated heterocycles. The molecule has 1 aliphatic rings. The van der Waals surface area contributed by atoms with Crippen molar-refractivity contribution in [3.05, 3.63) is 101 Å². The molecular formula is C31H35N3O5S. The number of carbonyl (C=O) groups excluding carboxylic acids is 3. The minimum atomic E-state index is -4.05. The Morgan fingerprint density at radius 2 is 1.60 bits per heavy atom. The number of nitrogens with zero attached hydrogens (tertiary/aromatic N) is 2. The number of hydrogen-bond donors (Lipinski definition) is 1.